The van der Waals surface area contributed by atoms with Crippen molar-refractivity contribution in [2.75, 3.05) is 27.2 Å². The van der Waals surface area contributed by atoms with E-state index in [0.29, 0.717) is 0 Å². The van der Waals surface area contributed by atoms with Crippen molar-refractivity contribution in [3.63, 3.8) is 0 Å². The summed E-state index contributed by atoms with van der Waals surface area (Å²) in [6.45, 7) is 6.79. The van der Waals surface area contributed by atoms with E-state index in [2.05, 4.69) is 24.5 Å². The summed E-state index contributed by atoms with van der Waals surface area (Å²) in [7, 11) is 3.75. The van der Waals surface area contributed by atoms with Gasteiger partial charge in [0.15, 0.2) is 0 Å². The zero-order valence-electron chi connectivity index (χ0n) is 10.6. The van der Waals surface area contributed by atoms with Gasteiger partial charge in [0.25, 0.3) is 0 Å². The molecular formula is C10H29N2OY-. The molecule has 3 nitrogen and oxygen atoms in total. The summed E-state index contributed by atoms with van der Waals surface area (Å²) in [5.41, 5.74) is 0. The van der Waals surface area contributed by atoms with Crippen LogP contribution in [-0.2, 0) is 32.7 Å². The van der Waals surface area contributed by atoms with Crippen LogP contribution < -0.4 is 10.6 Å². The Morgan fingerprint density at radius 3 is 1.64 bits per heavy atom. The molecule has 0 unspecified atom stereocenters. The number of rotatable bonds is 5. The second kappa shape index (κ2) is 37.0. The van der Waals surface area contributed by atoms with Crippen LogP contribution in [0.5, 0.6) is 0 Å². The zero-order chi connectivity index (χ0) is 8.95. The molecule has 0 saturated heterocycles. The molecule has 4 heteroatoms. The Labute approximate surface area is 116 Å². The molecule has 0 atom stereocenters. The van der Waals surface area contributed by atoms with Gasteiger partial charge in [-0.3, -0.25) is 0 Å². The van der Waals surface area contributed by atoms with Crippen LogP contribution >= 0.6 is 0 Å². The van der Waals surface area contributed by atoms with Crippen molar-refractivity contribution in [3.8, 4) is 0 Å². The average molecular weight is 282 g/mol. The predicted molar refractivity (Wildman–Crippen MR) is 63.1 cm³/mol. The minimum Gasteiger partial charge on any atom is -0.412 e. The van der Waals surface area contributed by atoms with Gasteiger partial charge in [-0.15, -0.1) is 0 Å². The van der Waals surface area contributed by atoms with Crippen molar-refractivity contribution in [3.05, 3.63) is 7.43 Å². The Kier molecular flexibility index (Phi) is 77.7. The molecule has 0 rings (SSSR count). The van der Waals surface area contributed by atoms with Crippen molar-refractivity contribution in [2.45, 2.75) is 33.1 Å². The monoisotopic (exact) mass is 282 g/mol. The Morgan fingerprint density at radius 1 is 0.929 bits per heavy atom. The van der Waals surface area contributed by atoms with E-state index in [0.717, 1.165) is 0 Å². The first-order chi connectivity index (χ1) is 5.33. The van der Waals surface area contributed by atoms with Gasteiger partial charge in [0, 0.05) is 32.7 Å². The molecule has 89 valence electrons. The molecule has 0 fully saturated rings. The fraction of sp³-hybridized carbons (Fsp3) is 0.900. The molecule has 0 bridgehead atoms. The molecule has 0 spiro atoms. The van der Waals surface area contributed by atoms with Crippen molar-refractivity contribution in [1.29, 1.82) is 0 Å². The van der Waals surface area contributed by atoms with Gasteiger partial charge in [-0.2, -0.15) is 0 Å². The Bertz CT molecular complexity index is 51.4. The van der Waals surface area contributed by atoms with Crippen LogP contribution in [-0.4, -0.2) is 32.7 Å². The van der Waals surface area contributed by atoms with Gasteiger partial charge in [-0.1, -0.05) is 20.3 Å². The minimum absolute atomic E-state index is 0. The van der Waals surface area contributed by atoms with Crippen LogP contribution in [0.4, 0.5) is 0 Å². The minimum atomic E-state index is 0. The molecule has 0 saturated carbocycles. The first kappa shape index (κ1) is 29.4. The van der Waals surface area contributed by atoms with Gasteiger partial charge in [-0.05, 0) is 40.0 Å². The van der Waals surface area contributed by atoms with Crippen molar-refractivity contribution in [1.82, 2.24) is 10.6 Å². The molecule has 0 aliphatic carbocycles. The number of unbranched alkanes of at least 4 members (excludes halogenated alkanes) is 1. The number of hydrogen-bond acceptors (Lipinski definition) is 2. The van der Waals surface area contributed by atoms with Gasteiger partial charge in [0.1, 0.15) is 0 Å². The Balaban J connectivity index is -0.0000000405. The standard InChI is InChI=1S/C7H17N.C2H7N.CH3.H2O.Y/c1-3-5-7-8-6-4-2;1-3-2;;;/h8H,3-7H2,1-2H3;3H,1-2H3;1H3;1H2;/q;;-1;;. The number of nitrogens with one attached hydrogen (secondary N) is 2. The Hall–Kier alpha value is 0.984. The Morgan fingerprint density at radius 2 is 1.36 bits per heavy atom. The second-order valence-electron chi connectivity index (χ2n) is 2.60. The zero-order valence-corrected chi connectivity index (χ0v) is 13.5. The summed E-state index contributed by atoms with van der Waals surface area (Å²) in [5.74, 6) is 0. The maximum Gasteiger partial charge on any atom is 0 e. The topological polar surface area (TPSA) is 55.6 Å². The molecule has 0 aliphatic rings. The number of hydrogen-bond donors (Lipinski definition) is 2. The van der Waals surface area contributed by atoms with E-state index in [1.165, 1.54) is 32.4 Å². The van der Waals surface area contributed by atoms with Crippen molar-refractivity contribution >= 4 is 0 Å². The van der Waals surface area contributed by atoms with Crippen LogP contribution in [0.15, 0.2) is 0 Å². The van der Waals surface area contributed by atoms with E-state index in [4.69, 9.17) is 0 Å². The summed E-state index contributed by atoms with van der Waals surface area (Å²) in [4.78, 5) is 0. The summed E-state index contributed by atoms with van der Waals surface area (Å²) in [6.07, 6.45) is 3.88. The summed E-state index contributed by atoms with van der Waals surface area (Å²) >= 11 is 0. The molecule has 0 aliphatic heterocycles. The van der Waals surface area contributed by atoms with Gasteiger partial charge in [0.05, 0.1) is 0 Å². The third-order valence-electron chi connectivity index (χ3n) is 1.13. The third kappa shape index (κ3) is 52.1. The van der Waals surface area contributed by atoms with Crippen LogP contribution in [0.25, 0.3) is 0 Å². The van der Waals surface area contributed by atoms with Gasteiger partial charge in [-0.25, -0.2) is 0 Å². The molecule has 4 N–H and O–H groups in total. The van der Waals surface area contributed by atoms with E-state index >= 15 is 0 Å². The van der Waals surface area contributed by atoms with Gasteiger partial charge >= 0.3 is 0 Å². The van der Waals surface area contributed by atoms with E-state index in [-0.39, 0.29) is 45.6 Å². The molecule has 0 aromatic carbocycles. The fourth-order valence-corrected chi connectivity index (χ4v) is 0.604. The fourth-order valence-electron chi connectivity index (χ4n) is 0.604. The molecule has 0 aromatic heterocycles. The molecule has 0 amide bonds. The van der Waals surface area contributed by atoms with Crippen LogP contribution in [0.2, 0.25) is 0 Å². The van der Waals surface area contributed by atoms with Crippen molar-refractivity contribution < 1.29 is 38.2 Å². The quantitative estimate of drug-likeness (QED) is 0.589. The normalized spacial score (nSPS) is 6.86. The van der Waals surface area contributed by atoms with E-state index in [1.807, 2.05) is 14.1 Å². The van der Waals surface area contributed by atoms with Crippen LogP contribution in [0.3, 0.4) is 0 Å². The molecule has 1 radical (unpaired) electrons. The largest absolute Gasteiger partial charge is 0.412 e. The second-order valence-corrected chi connectivity index (χ2v) is 2.60. The van der Waals surface area contributed by atoms with Crippen LogP contribution in [0, 0.1) is 7.43 Å². The van der Waals surface area contributed by atoms with E-state index in [1.54, 1.807) is 0 Å². The smallest absolute Gasteiger partial charge is 0 e. The molecule has 0 heterocycles. The summed E-state index contributed by atoms with van der Waals surface area (Å²) < 4.78 is 0. The maximum atomic E-state index is 3.34. The average Bonchev–Trinajstić information content (AvgIpc) is 2.00. The van der Waals surface area contributed by atoms with Gasteiger partial charge in [0.2, 0.25) is 0 Å². The summed E-state index contributed by atoms with van der Waals surface area (Å²) in [6, 6.07) is 0. The van der Waals surface area contributed by atoms with E-state index in [9.17, 15) is 0 Å². The van der Waals surface area contributed by atoms with Gasteiger partial charge < -0.3 is 23.5 Å². The molecule has 14 heavy (non-hydrogen) atoms. The first-order valence-electron chi connectivity index (χ1n) is 4.62. The van der Waals surface area contributed by atoms with Crippen LogP contribution in [0.1, 0.15) is 33.1 Å². The summed E-state index contributed by atoms with van der Waals surface area (Å²) in [5, 5.41) is 6.09. The van der Waals surface area contributed by atoms with Crippen molar-refractivity contribution in [2.24, 2.45) is 0 Å². The maximum absolute atomic E-state index is 3.34. The first-order valence-corrected chi connectivity index (χ1v) is 4.62. The molecular weight excluding hydrogens is 253 g/mol. The SMILES string of the molecule is CCCCNCCC.CNC.O.[CH3-].[Y]. The third-order valence-corrected chi connectivity index (χ3v) is 1.13. The molecule has 0 aromatic rings. The predicted octanol–water partition coefficient (Wildman–Crippen LogP) is 1.24. The van der Waals surface area contributed by atoms with E-state index < -0.39 is 0 Å².